The minimum Gasteiger partial charge on any atom is -0.492 e. The van der Waals surface area contributed by atoms with E-state index in [-0.39, 0.29) is 5.41 Å². The maximum absolute atomic E-state index is 10.5. The molecule has 1 heterocycles. The fraction of sp³-hybridized carbons (Fsp3) is 0.308. The topological polar surface area (TPSA) is 46.5 Å². The maximum Gasteiger partial charge on any atom is 0.328 e. The van der Waals surface area contributed by atoms with E-state index in [9.17, 15) is 4.79 Å². The van der Waals surface area contributed by atoms with Crippen LogP contribution in [0.2, 0.25) is 0 Å². The highest BCUT2D eigenvalue weighted by atomic mass is 79.9. The lowest BCUT2D eigenvalue weighted by molar-refractivity contribution is -0.131. The van der Waals surface area contributed by atoms with Crippen molar-refractivity contribution in [2.45, 2.75) is 19.3 Å². The maximum atomic E-state index is 10.5. The summed E-state index contributed by atoms with van der Waals surface area (Å²) >= 11 is 3.44. The van der Waals surface area contributed by atoms with Crippen molar-refractivity contribution >= 4 is 28.0 Å². The number of carboxylic acids is 1. The fourth-order valence-electron chi connectivity index (χ4n) is 1.89. The molecule has 0 atom stereocenters. The van der Waals surface area contributed by atoms with Crippen molar-refractivity contribution in [3.05, 3.63) is 33.8 Å². The average molecular weight is 297 g/mol. The van der Waals surface area contributed by atoms with Gasteiger partial charge in [-0.25, -0.2) is 4.79 Å². The number of benzene rings is 1. The minimum atomic E-state index is -0.962. The number of hydrogen-bond acceptors (Lipinski definition) is 2. The summed E-state index contributed by atoms with van der Waals surface area (Å²) in [5.74, 6) is -0.174. The number of ether oxygens (including phenoxy) is 1. The van der Waals surface area contributed by atoms with Gasteiger partial charge in [0, 0.05) is 27.1 Å². The highest BCUT2D eigenvalue weighted by Crippen LogP contribution is 2.42. The summed E-state index contributed by atoms with van der Waals surface area (Å²) in [4.78, 5) is 10.5. The third-order valence-electron chi connectivity index (χ3n) is 2.79. The summed E-state index contributed by atoms with van der Waals surface area (Å²) in [6.07, 6.45) is 2.68. The Kier molecular flexibility index (Phi) is 3.00. The quantitative estimate of drug-likeness (QED) is 0.853. The first-order valence-electron chi connectivity index (χ1n) is 5.28. The van der Waals surface area contributed by atoms with Crippen molar-refractivity contribution in [3.63, 3.8) is 0 Å². The molecule has 0 fully saturated rings. The van der Waals surface area contributed by atoms with Crippen LogP contribution in [0.25, 0.3) is 6.08 Å². The summed E-state index contributed by atoms with van der Waals surface area (Å²) in [5, 5.41) is 8.66. The van der Waals surface area contributed by atoms with Gasteiger partial charge >= 0.3 is 5.97 Å². The Hall–Kier alpha value is -1.29. The molecular weight excluding hydrogens is 284 g/mol. The summed E-state index contributed by atoms with van der Waals surface area (Å²) in [6, 6.07) is 3.89. The van der Waals surface area contributed by atoms with Crippen molar-refractivity contribution in [3.8, 4) is 5.75 Å². The van der Waals surface area contributed by atoms with Gasteiger partial charge in [0.25, 0.3) is 0 Å². The van der Waals surface area contributed by atoms with Crippen LogP contribution in [-0.4, -0.2) is 17.7 Å². The van der Waals surface area contributed by atoms with Crippen molar-refractivity contribution in [1.29, 1.82) is 0 Å². The van der Waals surface area contributed by atoms with Crippen molar-refractivity contribution in [2.24, 2.45) is 0 Å². The second-order valence-electron chi connectivity index (χ2n) is 4.72. The molecule has 2 rings (SSSR count). The van der Waals surface area contributed by atoms with E-state index >= 15 is 0 Å². The van der Waals surface area contributed by atoms with Crippen molar-refractivity contribution in [2.75, 3.05) is 6.61 Å². The lowest BCUT2D eigenvalue weighted by Crippen LogP contribution is -2.18. The molecule has 0 radical (unpaired) electrons. The molecule has 1 aromatic carbocycles. The van der Waals surface area contributed by atoms with E-state index in [1.165, 1.54) is 0 Å². The van der Waals surface area contributed by atoms with E-state index in [2.05, 4.69) is 29.8 Å². The van der Waals surface area contributed by atoms with Crippen molar-refractivity contribution < 1.29 is 14.6 Å². The van der Waals surface area contributed by atoms with Gasteiger partial charge in [0.2, 0.25) is 0 Å². The van der Waals surface area contributed by atoms with E-state index in [0.29, 0.717) is 6.61 Å². The summed E-state index contributed by atoms with van der Waals surface area (Å²) in [7, 11) is 0. The highest BCUT2D eigenvalue weighted by Gasteiger charge is 2.33. The van der Waals surface area contributed by atoms with Crippen LogP contribution in [0.1, 0.15) is 25.0 Å². The van der Waals surface area contributed by atoms with E-state index in [1.54, 1.807) is 6.08 Å². The van der Waals surface area contributed by atoms with Crippen LogP contribution in [0.15, 0.2) is 22.7 Å². The molecular formula is C13H13BrO3. The molecule has 0 unspecified atom stereocenters. The highest BCUT2D eigenvalue weighted by molar-refractivity contribution is 9.10. The Morgan fingerprint density at radius 1 is 1.53 bits per heavy atom. The van der Waals surface area contributed by atoms with E-state index < -0.39 is 5.97 Å². The lowest BCUT2D eigenvalue weighted by Gasteiger charge is -2.15. The number of aliphatic carboxylic acids is 1. The minimum absolute atomic E-state index is 0.0368. The van der Waals surface area contributed by atoms with Gasteiger partial charge in [0.05, 0.1) is 6.61 Å². The summed E-state index contributed by atoms with van der Waals surface area (Å²) in [5.41, 5.74) is 1.87. The fourth-order valence-corrected chi connectivity index (χ4v) is 2.37. The molecule has 0 saturated heterocycles. The van der Waals surface area contributed by atoms with E-state index in [1.807, 2.05) is 12.1 Å². The largest absolute Gasteiger partial charge is 0.492 e. The zero-order valence-electron chi connectivity index (χ0n) is 9.66. The Labute approximate surface area is 108 Å². The molecule has 1 aliphatic rings. The van der Waals surface area contributed by atoms with Crippen LogP contribution in [-0.2, 0) is 10.2 Å². The Morgan fingerprint density at radius 2 is 2.24 bits per heavy atom. The Morgan fingerprint density at radius 3 is 2.88 bits per heavy atom. The standard InChI is InChI=1S/C13H13BrO3/c1-13(2)7-17-12-8(3-4-11(15)16)5-9(14)6-10(12)13/h3-6H,7H2,1-2H3,(H,15,16)/b4-3+. The monoisotopic (exact) mass is 296 g/mol. The predicted octanol–water partition coefficient (Wildman–Crippen LogP) is 3.22. The van der Waals surface area contributed by atoms with Gasteiger partial charge in [0.1, 0.15) is 5.75 Å². The van der Waals surface area contributed by atoms with Gasteiger partial charge in [-0.15, -0.1) is 0 Å². The molecule has 1 N–H and O–H groups in total. The first-order chi connectivity index (χ1) is 7.90. The SMILES string of the molecule is CC1(C)COc2c(/C=C/C(=O)O)cc(Br)cc21. The number of hydrogen-bond donors (Lipinski definition) is 1. The summed E-state index contributed by atoms with van der Waals surface area (Å²) < 4.78 is 6.60. The molecule has 0 bridgehead atoms. The molecule has 3 nitrogen and oxygen atoms in total. The molecule has 0 aliphatic carbocycles. The predicted molar refractivity (Wildman–Crippen MR) is 69.3 cm³/mol. The van der Waals surface area contributed by atoms with Gasteiger partial charge in [0.15, 0.2) is 0 Å². The number of rotatable bonds is 2. The van der Waals surface area contributed by atoms with Crippen LogP contribution in [0.3, 0.4) is 0 Å². The Bertz CT molecular complexity index is 504. The molecule has 0 saturated carbocycles. The third-order valence-corrected chi connectivity index (χ3v) is 3.25. The smallest absolute Gasteiger partial charge is 0.328 e. The lowest BCUT2D eigenvalue weighted by atomic mass is 9.86. The van der Waals surface area contributed by atoms with Crippen LogP contribution in [0.4, 0.5) is 0 Å². The second kappa shape index (κ2) is 4.18. The average Bonchev–Trinajstić information content (AvgIpc) is 2.52. The summed E-state index contributed by atoms with van der Waals surface area (Å²) in [6.45, 7) is 4.83. The molecule has 90 valence electrons. The van der Waals surface area contributed by atoms with Gasteiger partial charge in [-0.2, -0.15) is 0 Å². The molecule has 1 aliphatic heterocycles. The third kappa shape index (κ3) is 2.36. The molecule has 0 amide bonds. The first-order valence-corrected chi connectivity index (χ1v) is 6.07. The van der Waals surface area contributed by atoms with Crippen LogP contribution >= 0.6 is 15.9 Å². The van der Waals surface area contributed by atoms with Gasteiger partial charge < -0.3 is 9.84 Å². The number of carbonyl (C=O) groups is 1. The normalized spacial score (nSPS) is 16.9. The first kappa shape index (κ1) is 12.2. The molecule has 4 heteroatoms. The Balaban J connectivity index is 2.52. The van der Waals surface area contributed by atoms with Crippen LogP contribution in [0, 0.1) is 0 Å². The van der Waals surface area contributed by atoms with Gasteiger partial charge in [-0.3, -0.25) is 0 Å². The number of halogens is 1. The van der Waals surface area contributed by atoms with Gasteiger partial charge in [-0.1, -0.05) is 29.8 Å². The van der Waals surface area contributed by atoms with E-state index in [0.717, 1.165) is 27.4 Å². The number of fused-ring (bicyclic) bond motifs is 1. The zero-order chi connectivity index (χ0) is 12.6. The molecule has 17 heavy (non-hydrogen) atoms. The molecule has 0 aromatic heterocycles. The van der Waals surface area contributed by atoms with E-state index in [4.69, 9.17) is 9.84 Å². The van der Waals surface area contributed by atoms with Gasteiger partial charge in [-0.05, 0) is 18.2 Å². The van der Waals surface area contributed by atoms with Crippen LogP contribution < -0.4 is 4.74 Å². The molecule has 0 spiro atoms. The zero-order valence-corrected chi connectivity index (χ0v) is 11.2. The number of carboxylic acid groups (broad SMARTS) is 1. The second-order valence-corrected chi connectivity index (χ2v) is 5.63. The van der Waals surface area contributed by atoms with Crippen molar-refractivity contribution in [1.82, 2.24) is 0 Å². The van der Waals surface area contributed by atoms with Crippen LogP contribution in [0.5, 0.6) is 5.75 Å². The molecule has 1 aromatic rings.